The number of amides is 2. The molecule has 1 saturated carbocycles. The third-order valence-corrected chi connectivity index (χ3v) is 7.26. The molecule has 0 heterocycles. The van der Waals surface area contributed by atoms with Gasteiger partial charge in [-0.05, 0) is 47.9 Å². The summed E-state index contributed by atoms with van der Waals surface area (Å²) in [5.74, 6) is -1.92. The summed E-state index contributed by atoms with van der Waals surface area (Å²) >= 11 is 0. The normalized spacial score (nSPS) is 20.4. The maximum atomic E-state index is 12.9. The number of carboxylic acid groups (broad SMARTS) is 1. The lowest BCUT2D eigenvalue weighted by Crippen LogP contribution is -2.54. The predicted molar refractivity (Wildman–Crippen MR) is 130 cm³/mol. The van der Waals surface area contributed by atoms with Gasteiger partial charge >= 0.3 is 12.1 Å². The number of hydrogen-bond donors (Lipinski definition) is 3. The van der Waals surface area contributed by atoms with E-state index in [-0.39, 0.29) is 25.0 Å². The number of nitrogens with one attached hydrogen (secondary N) is 2. The van der Waals surface area contributed by atoms with E-state index in [2.05, 4.69) is 22.8 Å². The van der Waals surface area contributed by atoms with Crippen molar-refractivity contribution in [2.75, 3.05) is 20.3 Å². The molecule has 0 spiro atoms. The van der Waals surface area contributed by atoms with Crippen molar-refractivity contribution in [3.05, 3.63) is 59.7 Å². The molecule has 0 bridgehead atoms. The van der Waals surface area contributed by atoms with Crippen molar-refractivity contribution >= 4 is 18.0 Å². The highest BCUT2D eigenvalue weighted by Gasteiger charge is 2.35. The Morgan fingerprint density at radius 3 is 2.26 bits per heavy atom. The number of aliphatic carboxylic acids is 1. The molecular formula is C27H32N2O6. The standard InChI is InChI=1S/C27H32N2O6/c1-16(34-2)24(25(30)28-14-17-8-7-13-18(17)26(31)32)29-27(33)35-15-23-21-11-5-3-9-19(21)20-10-4-6-12-22(20)23/h3-6,9-12,16-18,23-24H,7-8,13-15H2,1-2H3,(H,28,30)(H,29,33)(H,31,32)/t16-,17+,18+,24+/m1/s1. The number of carbonyl (C=O) groups excluding carboxylic acids is 2. The lowest BCUT2D eigenvalue weighted by atomic mass is 9.96. The number of carbonyl (C=O) groups is 3. The molecule has 2 aliphatic rings. The van der Waals surface area contributed by atoms with Crippen molar-refractivity contribution in [3.8, 4) is 11.1 Å². The van der Waals surface area contributed by atoms with Crippen LogP contribution in [0.2, 0.25) is 0 Å². The van der Waals surface area contributed by atoms with E-state index in [1.165, 1.54) is 7.11 Å². The molecule has 0 aliphatic heterocycles. The second-order valence-corrected chi connectivity index (χ2v) is 9.27. The fraction of sp³-hybridized carbons (Fsp3) is 0.444. The number of hydrogen-bond acceptors (Lipinski definition) is 5. The van der Waals surface area contributed by atoms with Gasteiger partial charge in [-0.1, -0.05) is 55.0 Å². The molecule has 2 amide bonds. The molecule has 0 unspecified atom stereocenters. The molecular weight excluding hydrogens is 448 g/mol. The number of ether oxygens (including phenoxy) is 2. The first-order valence-corrected chi connectivity index (χ1v) is 12.1. The fourth-order valence-electron chi connectivity index (χ4n) is 5.25. The van der Waals surface area contributed by atoms with Gasteiger partial charge in [0.05, 0.1) is 12.0 Å². The van der Waals surface area contributed by atoms with Gasteiger partial charge in [0.15, 0.2) is 0 Å². The highest BCUT2D eigenvalue weighted by atomic mass is 16.5. The van der Waals surface area contributed by atoms with Gasteiger partial charge in [0.1, 0.15) is 12.6 Å². The van der Waals surface area contributed by atoms with Gasteiger partial charge in [-0.3, -0.25) is 9.59 Å². The average Bonchev–Trinajstić information content (AvgIpc) is 3.47. The van der Waals surface area contributed by atoms with E-state index in [1.807, 2.05) is 36.4 Å². The SMILES string of the molecule is CO[C@H](C)[C@H](NC(=O)OCC1c2ccccc2-c2ccccc21)C(=O)NC[C@@H]1CCC[C@@H]1C(=O)O. The molecule has 0 aromatic heterocycles. The average molecular weight is 481 g/mol. The van der Waals surface area contributed by atoms with Gasteiger partial charge in [0.25, 0.3) is 0 Å². The van der Waals surface area contributed by atoms with Crippen molar-refractivity contribution in [3.63, 3.8) is 0 Å². The van der Waals surface area contributed by atoms with Crippen LogP contribution in [0.25, 0.3) is 11.1 Å². The van der Waals surface area contributed by atoms with E-state index < -0.39 is 36.0 Å². The monoisotopic (exact) mass is 480 g/mol. The first-order valence-electron chi connectivity index (χ1n) is 12.1. The summed E-state index contributed by atoms with van der Waals surface area (Å²) in [7, 11) is 1.46. The third-order valence-electron chi connectivity index (χ3n) is 7.26. The molecule has 1 fully saturated rings. The second kappa shape index (κ2) is 10.9. The quantitative estimate of drug-likeness (QED) is 0.506. The van der Waals surface area contributed by atoms with E-state index in [0.29, 0.717) is 6.42 Å². The van der Waals surface area contributed by atoms with Crippen LogP contribution in [0.1, 0.15) is 43.2 Å². The number of alkyl carbamates (subject to hydrolysis) is 1. The minimum absolute atomic E-state index is 0.0874. The van der Waals surface area contributed by atoms with E-state index in [9.17, 15) is 19.5 Å². The van der Waals surface area contributed by atoms with E-state index in [1.54, 1.807) is 6.92 Å². The van der Waals surface area contributed by atoms with Gasteiger partial charge < -0.3 is 25.2 Å². The highest BCUT2D eigenvalue weighted by Crippen LogP contribution is 2.44. The van der Waals surface area contributed by atoms with Crippen LogP contribution >= 0.6 is 0 Å². The maximum Gasteiger partial charge on any atom is 0.407 e. The Balaban J connectivity index is 1.37. The molecule has 186 valence electrons. The molecule has 8 nitrogen and oxygen atoms in total. The number of benzene rings is 2. The predicted octanol–water partition coefficient (Wildman–Crippen LogP) is 3.55. The zero-order valence-corrected chi connectivity index (χ0v) is 20.0. The zero-order valence-electron chi connectivity index (χ0n) is 20.0. The Morgan fingerprint density at radius 2 is 1.66 bits per heavy atom. The molecule has 2 aliphatic carbocycles. The topological polar surface area (TPSA) is 114 Å². The van der Waals surface area contributed by atoms with Crippen LogP contribution in [-0.2, 0) is 19.1 Å². The summed E-state index contributed by atoms with van der Waals surface area (Å²) in [6, 6.07) is 15.2. The molecule has 2 aromatic rings. The Labute approximate surface area is 205 Å². The number of fused-ring (bicyclic) bond motifs is 3. The first-order chi connectivity index (χ1) is 16.9. The smallest absolute Gasteiger partial charge is 0.407 e. The van der Waals surface area contributed by atoms with Crippen LogP contribution in [0.15, 0.2) is 48.5 Å². The fourth-order valence-corrected chi connectivity index (χ4v) is 5.25. The van der Waals surface area contributed by atoms with E-state index in [4.69, 9.17) is 9.47 Å². The van der Waals surface area contributed by atoms with Crippen LogP contribution in [0.4, 0.5) is 4.79 Å². The summed E-state index contributed by atoms with van der Waals surface area (Å²) in [5, 5.41) is 14.8. The number of carboxylic acids is 1. The number of rotatable bonds is 9. The Bertz CT molecular complexity index is 1040. The molecule has 8 heteroatoms. The summed E-state index contributed by atoms with van der Waals surface area (Å²) in [4.78, 5) is 37.0. The van der Waals surface area contributed by atoms with Gasteiger partial charge in [-0.15, -0.1) is 0 Å². The Kier molecular flexibility index (Phi) is 7.70. The summed E-state index contributed by atoms with van der Waals surface area (Å²) in [6.45, 7) is 2.07. The van der Waals surface area contributed by atoms with Crippen LogP contribution in [0.5, 0.6) is 0 Å². The molecule has 0 radical (unpaired) electrons. The van der Waals surface area contributed by atoms with E-state index >= 15 is 0 Å². The van der Waals surface area contributed by atoms with Gasteiger partial charge in [0.2, 0.25) is 5.91 Å². The Hall–Kier alpha value is -3.39. The van der Waals surface area contributed by atoms with Crippen LogP contribution < -0.4 is 10.6 Å². The molecule has 35 heavy (non-hydrogen) atoms. The van der Waals surface area contributed by atoms with Crippen LogP contribution in [-0.4, -0.2) is 55.5 Å². The van der Waals surface area contributed by atoms with Gasteiger partial charge in [-0.25, -0.2) is 4.79 Å². The molecule has 3 N–H and O–H groups in total. The molecule has 4 rings (SSSR count). The van der Waals surface area contributed by atoms with Crippen LogP contribution in [0.3, 0.4) is 0 Å². The summed E-state index contributed by atoms with van der Waals surface area (Å²) in [6.07, 6.45) is 0.885. The minimum Gasteiger partial charge on any atom is -0.481 e. The maximum absolute atomic E-state index is 12.9. The molecule has 0 saturated heterocycles. The highest BCUT2D eigenvalue weighted by molar-refractivity contribution is 5.86. The Morgan fingerprint density at radius 1 is 1.03 bits per heavy atom. The molecule has 2 aromatic carbocycles. The lowest BCUT2D eigenvalue weighted by Gasteiger charge is -2.25. The van der Waals surface area contributed by atoms with Crippen molar-refractivity contribution in [1.29, 1.82) is 0 Å². The van der Waals surface area contributed by atoms with Crippen LogP contribution in [0, 0.1) is 11.8 Å². The first kappa shape index (κ1) is 24.7. The van der Waals surface area contributed by atoms with Crippen molar-refractivity contribution in [2.24, 2.45) is 11.8 Å². The minimum atomic E-state index is -0.972. The van der Waals surface area contributed by atoms with Crippen molar-refractivity contribution in [2.45, 2.75) is 44.2 Å². The molecule has 4 atom stereocenters. The van der Waals surface area contributed by atoms with E-state index in [0.717, 1.165) is 35.1 Å². The largest absolute Gasteiger partial charge is 0.481 e. The zero-order chi connectivity index (χ0) is 24.9. The lowest BCUT2D eigenvalue weighted by molar-refractivity contribution is -0.143. The van der Waals surface area contributed by atoms with Crippen molar-refractivity contribution < 1.29 is 29.0 Å². The van der Waals surface area contributed by atoms with Gasteiger partial charge in [-0.2, -0.15) is 0 Å². The summed E-state index contributed by atoms with van der Waals surface area (Å²) in [5.41, 5.74) is 4.47. The summed E-state index contributed by atoms with van der Waals surface area (Å²) < 4.78 is 10.9. The second-order valence-electron chi connectivity index (χ2n) is 9.27. The number of methoxy groups -OCH3 is 1. The van der Waals surface area contributed by atoms with Gasteiger partial charge in [0, 0.05) is 19.6 Å². The third kappa shape index (κ3) is 5.32. The van der Waals surface area contributed by atoms with Crippen molar-refractivity contribution in [1.82, 2.24) is 10.6 Å².